The second kappa shape index (κ2) is 6.31. The molecule has 0 aromatic heterocycles. The van der Waals surface area contributed by atoms with Gasteiger partial charge >= 0.3 is 0 Å². The molecule has 0 saturated heterocycles. The number of methoxy groups -OCH3 is 1. The summed E-state index contributed by atoms with van der Waals surface area (Å²) in [5.74, 6) is -0.0480. The van der Waals surface area contributed by atoms with Crippen LogP contribution in [0.25, 0.3) is 0 Å². The number of carbonyl (C=O) groups is 1. The molecule has 0 aromatic carbocycles. The van der Waals surface area contributed by atoms with Crippen LogP contribution in [0.5, 0.6) is 0 Å². The fraction of sp³-hybridized carbons (Fsp3) is 0.786. The van der Waals surface area contributed by atoms with Crippen molar-refractivity contribution in [3.05, 3.63) is 12.2 Å². The predicted octanol–water partition coefficient (Wildman–Crippen LogP) is 3.13. The lowest BCUT2D eigenvalue weighted by atomic mass is 9.97. The highest BCUT2D eigenvalue weighted by Crippen LogP contribution is 2.21. The SMILES string of the molecule is C=C(C)C(=O)C(C)(C)OCCC(C)(CC)OC. The van der Waals surface area contributed by atoms with Crippen molar-refractivity contribution < 1.29 is 14.3 Å². The maximum atomic E-state index is 11.8. The Labute approximate surface area is 105 Å². The molecule has 0 saturated carbocycles. The van der Waals surface area contributed by atoms with Crippen LogP contribution in [0.15, 0.2) is 12.2 Å². The standard InChI is InChI=1S/C14H26O3/c1-8-14(6,16-7)9-10-17-13(4,5)12(15)11(2)3/h2,8-10H2,1,3-7H3. The molecule has 0 N–H and O–H groups in total. The fourth-order valence-corrected chi connectivity index (χ4v) is 1.52. The minimum absolute atomic E-state index is 0.0480. The lowest BCUT2D eigenvalue weighted by molar-refractivity contribution is -0.138. The van der Waals surface area contributed by atoms with E-state index < -0.39 is 5.60 Å². The first-order valence-corrected chi connectivity index (χ1v) is 6.08. The van der Waals surface area contributed by atoms with Crippen molar-refractivity contribution in [2.75, 3.05) is 13.7 Å². The van der Waals surface area contributed by atoms with Gasteiger partial charge in [0, 0.05) is 7.11 Å². The van der Waals surface area contributed by atoms with Crippen LogP contribution in [0.1, 0.15) is 47.5 Å². The lowest BCUT2D eigenvalue weighted by Gasteiger charge is -2.29. The second-order valence-corrected chi connectivity index (χ2v) is 5.23. The number of carbonyl (C=O) groups excluding carboxylic acids is 1. The monoisotopic (exact) mass is 242 g/mol. The summed E-state index contributed by atoms with van der Waals surface area (Å²) in [6.07, 6.45) is 1.69. The Morgan fingerprint density at radius 3 is 2.18 bits per heavy atom. The smallest absolute Gasteiger partial charge is 0.189 e. The molecule has 3 nitrogen and oxygen atoms in total. The van der Waals surface area contributed by atoms with Crippen LogP contribution < -0.4 is 0 Å². The molecule has 0 heterocycles. The molecule has 1 unspecified atom stereocenters. The van der Waals surface area contributed by atoms with E-state index in [0.29, 0.717) is 12.2 Å². The Hall–Kier alpha value is -0.670. The Morgan fingerprint density at radius 1 is 1.29 bits per heavy atom. The maximum Gasteiger partial charge on any atom is 0.189 e. The van der Waals surface area contributed by atoms with Crippen LogP contribution in [0.3, 0.4) is 0 Å². The van der Waals surface area contributed by atoms with Gasteiger partial charge in [0.1, 0.15) is 5.60 Å². The molecule has 0 aliphatic rings. The highest BCUT2D eigenvalue weighted by molar-refractivity contribution is 6.00. The van der Waals surface area contributed by atoms with E-state index in [1.54, 1.807) is 27.9 Å². The van der Waals surface area contributed by atoms with Crippen LogP contribution in [0.2, 0.25) is 0 Å². The van der Waals surface area contributed by atoms with Crippen molar-refractivity contribution in [1.82, 2.24) is 0 Å². The molecule has 0 amide bonds. The van der Waals surface area contributed by atoms with E-state index in [4.69, 9.17) is 9.47 Å². The molecule has 17 heavy (non-hydrogen) atoms. The van der Waals surface area contributed by atoms with Gasteiger partial charge in [-0.1, -0.05) is 13.5 Å². The van der Waals surface area contributed by atoms with Crippen molar-refractivity contribution in [2.24, 2.45) is 0 Å². The molecule has 0 spiro atoms. The van der Waals surface area contributed by atoms with Gasteiger partial charge in [0.2, 0.25) is 0 Å². The number of hydrogen-bond acceptors (Lipinski definition) is 3. The average molecular weight is 242 g/mol. The lowest BCUT2D eigenvalue weighted by Crippen LogP contribution is -2.37. The van der Waals surface area contributed by atoms with Gasteiger partial charge in [0.25, 0.3) is 0 Å². The first-order chi connectivity index (χ1) is 7.68. The van der Waals surface area contributed by atoms with Crippen molar-refractivity contribution in [2.45, 2.75) is 58.7 Å². The molecule has 0 radical (unpaired) electrons. The zero-order valence-corrected chi connectivity index (χ0v) is 12.1. The molecule has 0 fully saturated rings. The van der Waals surface area contributed by atoms with Crippen LogP contribution in [-0.4, -0.2) is 30.7 Å². The third-order valence-electron chi connectivity index (χ3n) is 3.27. The summed E-state index contributed by atoms with van der Waals surface area (Å²) >= 11 is 0. The molecular formula is C14H26O3. The molecule has 0 rings (SSSR count). The Morgan fingerprint density at radius 2 is 1.82 bits per heavy atom. The number of Topliss-reactive ketones (excluding diaryl/α,β-unsaturated/α-hetero) is 1. The van der Waals surface area contributed by atoms with Crippen LogP contribution in [0.4, 0.5) is 0 Å². The van der Waals surface area contributed by atoms with E-state index in [1.165, 1.54) is 0 Å². The van der Waals surface area contributed by atoms with E-state index in [9.17, 15) is 4.79 Å². The van der Waals surface area contributed by atoms with Crippen LogP contribution in [0, 0.1) is 0 Å². The second-order valence-electron chi connectivity index (χ2n) is 5.23. The summed E-state index contributed by atoms with van der Waals surface area (Å²) in [6, 6.07) is 0. The van der Waals surface area contributed by atoms with Gasteiger partial charge in [-0.05, 0) is 46.1 Å². The summed E-state index contributed by atoms with van der Waals surface area (Å²) in [5, 5.41) is 0. The van der Waals surface area contributed by atoms with Gasteiger partial charge < -0.3 is 9.47 Å². The van der Waals surface area contributed by atoms with Crippen LogP contribution in [-0.2, 0) is 14.3 Å². The number of ether oxygens (including phenoxy) is 2. The van der Waals surface area contributed by atoms with Crippen molar-refractivity contribution >= 4 is 5.78 Å². The largest absolute Gasteiger partial charge is 0.378 e. The Kier molecular flexibility index (Phi) is 6.06. The van der Waals surface area contributed by atoms with Crippen molar-refractivity contribution in [3.63, 3.8) is 0 Å². The normalized spacial score (nSPS) is 15.4. The molecule has 0 aliphatic heterocycles. The highest BCUT2D eigenvalue weighted by atomic mass is 16.5. The molecule has 0 aromatic rings. The quantitative estimate of drug-likeness (QED) is 0.613. The van der Waals surface area contributed by atoms with Gasteiger partial charge in [-0.25, -0.2) is 0 Å². The van der Waals surface area contributed by atoms with E-state index in [-0.39, 0.29) is 11.4 Å². The van der Waals surface area contributed by atoms with Gasteiger partial charge in [-0.3, -0.25) is 4.79 Å². The van der Waals surface area contributed by atoms with Gasteiger partial charge in [0.15, 0.2) is 5.78 Å². The number of rotatable bonds is 8. The van der Waals surface area contributed by atoms with Gasteiger partial charge in [-0.2, -0.15) is 0 Å². The zero-order chi connectivity index (χ0) is 13.7. The molecule has 100 valence electrons. The molecule has 0 aliphatic carbocycles. The third-order valence-corrected chi connectivity index (χ3v) is 3.27. The molecule has 1 atom stereocenters. The predicted molar refractivity (Wildman–Crippen MR) is 70.2 cm³/mol. The maximum absolute atomic E-state index is 11.8. The summed E-state index contributed by atoms with van der Waals surface area (Å²) in [4.78, 5) is 11.8. The fourth-order valence-electron chi connectivity index (χ4n) is 1.52. The summed E-state index contributed by atoms with van der Waals surface area (Å²) in [7, 11) is 1.70. The minimum atomic E-state index is -0.797. The summed E-state index contributed by atoms with van der Waals surface area (Å²) in [5.41, 5.74) is -0.448. The zero-order valence-electron chi connectivity index (χ0n) is 12.1. The molecule has 0 bridgehead atoms. The van der Waals surface area contributed by atoms with Crippen LogP contribution >= 0.6 is 0 Å². The van der Waals surface area contributed by atoms with E-state index in [0.717, 1.165) is 12.8 Å². The van der Waals surface area contributed by atoms with E-state index in [2.05, 4.69) is 13.5 Å². The first-order valence-electron chi connectivity index (χ1n) is 6.08. The summed E-state index contributed by atoms with van der Waals surface area (Å²) < 4.78 is 11.1. The summed E-state index contributed by atoms with van der Waals surface area (Å²) in [6.45, 7) is 13.5. The average Bonchev–Trinajstić information content (AvgIpc) is 2.27. The van der Waals surface area contributed by atoms with Crippen molar-refractivity contribution in [3.8, 4) is 0 Å². The Balaban J connectivity index is 4.29. The number of ketones is 1. The minimum Gasteiger partial charge on any atom is -0.378 e. The molecule has 3 heteroatoms. The third kappa shape index (κ3) is 5.00. The highest BCUT2D eigenvalue weighted by Gasteiger charge is 2.30. The van der Waals surface area contributed by atoms with Gasteiger partial charge in [-0.15, -0.1) is 0 Å². The first kappa shape index (κ1) is 16.3. The molecular weight excluding hydrogens is 216 g/mol. The van der Waals surface area contributed by atoms with Crippen molar-refractivity contribution in [1.29, 1.82) is 0 Å². The number of hydrogen-bond donors (Lipinski definition) is 0. The van der Waals surface area contributed by atoms with Gasteiger partial charge in [0.05, 0.1) is 12.2 Å². The van der Waals surface area contributed by atoms with E-state index >= 15 is 0 Å². The topological polar surface area (TPSA) is 35.5 Å². The Bertz CT molecular complexity index is 275. The van der Waals surface area contributed by atoms with E-state index in [1.807, 2.05) is 6.92 Å².